The van der Waals surface area contributed by atoms with Crippen LogP contribution in [0.4, 0.5) is 0 Å². The van der Waals surface area contributed by atoms with Crippen LogP contribution < -0.4 is 9.47 Å². The number of aromatic carboxylic acids is 1. The third-order valence-corrected chi connectivity index (χ3v) is 4.65. The fourth-order valence-corrected chi connectivity index (χ4v) is 3.26. The summed E-state index contributed by atoms with van der Waals surface area (Å²) >= 11 is 0. The van der Waals surface area contributed by atoms with Gasteiger partial charge in [0.2, 0.25) is 0 Å². The molecule has 0 aliphatic heterocycles. The van der Waals surface area contributed by atoms with E-state index in [4.69, 9.17) is 14.6 Å². The number of aromatic nitrogens is 3. The maximum atomic E-state index is 11.4. The van der Waals surface area contributed by atoms with Crippen molar-refractivity contribution in [2.75, 3.05) is 14.2 Å². The van der Waals surface area contributed by atoms with E-state index in [0.29, 0.717) is 23.6 Å². The van der Waals surface area contributed by atoms with Crippen LogP contribution in [0.5, 0.6) is 11.5 Å². The van der Waals surface area contributed by atoms with Crippen LogP contribution in [0.25, 0.3) is 16.8 Å². The van der Waals surface area contributed by atoms with Crippen molar-refractivity contribution in [3.8, 4) is 22.8 Å². The van der Waals surface area contributed by atoms with Crippen molar-refractivity contribution in [3.05, 3.63) is 77.7 Å². The van der Waals surface area contributed by atoms with Gasteiger partial charge in [-0.05, 0) is 12.1 Å². The molecule has 0 atom stereocenters. The number of hydrogen-bond donors (Lipinski definition) is 1. The molecule has 0 aliphatic carbocycles. The fraction of sp³-hybridized carbons (Fsp3) is 0.136. The van der Waals surface area contributed by atoms with E-state index in [0.717, 1.165) is 22.3 Å². The standard InChI is InChI=1S/C22H19N3O4/c1-28-16-8-9-20-18(11-15-10-17(29-2)12-19(23-15)22(26)27)21(24-25(20)13-16)14-6-4-3-5-7-14/h3-10,12-13H,11H2,1-2H3,(H,26,27). The lowest BCUT2D eigenvalue weighted by atomic mass is 10.0. The van der Waals surface area contributed by atoms with Gasteiger partial charge < -0.3 is 14.6 Å². The van der Waals surface area contributed by atoms with E-state index in [-0.39, 0.29) is 5.69 Å². The second kappa shape index (κ2) is 7.63. The highest BCUT2D eigenvalue weighted by Gasteiger charge is 2.18. The first-order chi connectivity index (χ1) is 14.1. The molecule has 146 valence electrons. The molecule has 29 heavy (non-hydrogen) atoms. The predicted molar refractivity (Wildman–Crippen MR) is 108 cm³/mol. The molecule has 0 unspecified atom stereocenters. The van der Waals surface area contributed by atoms with Gasteiger partial charge in [-0.3, -0.25) is 0 Å². The van der Waals surface area contributed by atoms with E-state index < -0.39 is 5.97 Å². The smallest absolute Gasteiger partial charge is 0.354 e. The topological polar surface area (TPSA) is 86.0 Å². The van der Waals surface area contributed by atoms with Crippen molar-refractivity contribution >= 4 is 11.5 Å². The minimum absolute atomic E-state index is 0.0567. The molecule has 4 rings (SSSR count). The number of methoxy groups -OCH3 is 2. The molecule has 3 heterocycles. The Labute approximate surface area is 167 Å². The zero-order valence-corrected chi connectivity index (χ0v) is 16.0. The first kappa shape index (κ1) is 18.5. The van der Waals surface area contributed by atoms with Gasteiger partial charge >= 0.3 is 5.97 Å². The van der Waals surface area contributed by atoms with E-state index in [1.165, 1.54) is 13.2 Å². The van der Waals surface area contributed by atoms with Gasteiger partial charge in [-0.15, -0.1) is 0 Å². The number of rotatable bonds is 6. The summed E-state index contributed by atoms with van der Waals surface area (Å²) in [7, 11) is 3.11. The summed E-state index contributed by atoms with van der Waals surface area (Å²) in [5, 5.41) is 14.1. The highest BCUT2D eigenvalue weighted by molar-refractivity contribution is 5.86. The molecule has 0 aliphatic rings. The van der Waals surface area contributed by atoms with Crippen LogP contribution in [0, 0.1) is 0 Å². The minimum atomic E-state index is -1.10. The van der Waals surface area contributed by atoms with Gasteiger partial charge in [0, 0.05) is 35.4 Å². The lowest BCUT2D eigenvalue weighted by Crippen LogP contribution is -2.05. The van der Waals surface area contributed by atoms with Gasteiger partial charge in [0.05, 0.1) is 31.6 Å². The summed E-state index contributed by atoms with van der Waals surface area (Å²) in [5.74, 6) is 0.0451. The number of hydrogen-bond acceptors (Lipinski definition) is 5. The van der Waals surface area contributed by atoms with E-state index in [2.05, 4.69) is 4.98 Å². The third kappa shape index (κ3) is 3.62. The maximum absolute atomic E-state index is 11.4. The summed E-state index contributed by atoms with van der Waals surface area (Å²) < 4.78 is 12.3. The van der Waals surface area contributed by atoms with Gasteiger partial charge in [0.25, 0.3) is 0 Å². The zero-order chi connectivity index (χ0) is 20.4. The third-order valence-electron chi connectivity index (χ3n) is 4.65. The molecular formula is C22H19N3O4. The van der Waals surface area contributed by atoms with Crippen LogP contribution in [-0.2, 0) is 6.42 Å². The molecule has 4 aromatic rings. The second-order valence-electron chi connectivity index (χ2n) is 6.46. The average molecular weight is 389 g/mol. The minimum Gasteiger partial charge on any atom is -0.497 e. The molecule has 7 nitrogen and oxygen atoms in total. The number of nitrogens with zero attached hydrogens (tertiary/aromatic N) is 3. The molecule has 0 radical (unpaired) electrons. The molecule has 0 saturated carbocycles. The number of pyridine rings is 2. The molecule has 7 heteroatoms. The van der Waals surface area contributed by atoms with E-state index in [1.54, 1.807) is 17.7 Å². The summed E-state index contributed by atoms with van der Waals surface area (Å²) in [6, 6.07) is 16.8. The highest BCUT2D eigenvalue weighted by Crippen LogP contribution is 2.30. The molecule has 0 bridgehead atoms. The van der Waals surface area contributed by atoms with Gasteiger partial charge in [0.1, 0.15) is 11.5 Å². The Bertz CT molecular complexity index is 1190. The normalized spacial score (nSPS) is 10.8. The van der Waals surface area contributed by atoms with Crippen molar-refractivity contribution in [3.63, 3.8) is 0 Å². The number of carboxylic acids is 1. The van der Waals surface area contributed by atoms with Crippen LogP contribution in [0.15, 0.2) is 60.8 Å². The molecule has 3 aromatic heterocycles. The highest BCUT2D eigenvalue weighted by atomic mass is 16.5. The molecule has 0 amide bonds. The Morgan fingerprint density at radius 3 is 2.48 bits per heavy atom. The summed E-state index contributed by atoms with van der Waals surface area (Å²) in [6.07, 6.45) is 2.21. The largest absolute Gasteiger partial charge is 0.497 e. The number of ether oxygens (including phenoxy) is 2. The van der Waals surface area contributed by atoms with Crippen molar-refractivity contribution in [1.82, 2.24) is 14.6 Å². The summed E-state index contributed by atoms with van der Waals surface area (Å²) in [6.45, 7) is 0. The van der Waals surface area contributed by atoms with Gasteiger partial charge in [-0.25, -0.2) is 14.3 Å². The SMILES string of the molecule is COc1cc(Cc2c(-c3ccccc3)nn3cc(OC)ccc23)nc(C(=O)O)c1. The summed E-state index contributed by atoms with van der Waals surface area (Å²) in [4.78, 5) is 15.7. The number of carbonyl (C=O) groups is 1. The van der Waals surface area contributed by atoms with Crippen molar-refractivity contribution in [2.45, 2.75) is 6.42 Å². The van der Waals surface area contributed by atoms with Crippen molar-refractivity contribution < 1.29 is 19.4 Å². The van der Waals surface area contributed by atoms with Crippen LogP contribution >= 0.6 is 0 Å². The van der Waals surface area contributed by atoms with E-state index >= 15 is 0 Å². The molecule has 1 aromatic carbocycles. The maximum Gasteiger partial charge on any atom is 0.354 e. The monoisotopic (exact) mass is 389 g/mol. The number of benzene rings is 1. The van der Waals surface area contributed by atoms with Crippen LogP contribution in [-0.4, -0.2) is 39.9 Å². The molecular weight excluding hydrogens is 370 g/mol. The van der Waals surface area contributed by atoms with E-state index in [9.17, 15) is 9.90 Å². The first-order valence-electron chi connectivity index (χ1n) is 8.98. The van der Waals surface area contributed by atoms with Crippen LogP contribution in [0.3, 0.4) is 0 Å². The average Bonchev–Trinajstić information content (AvgIpc) is 3.11. The first-order valence-corrected chi connectivity index (χ1v) is 8.98. The zero-order valence-electron chi connectivity index (χ0n) is 16.0. The predicted octanol–water partition coefficient (Wildman–Crippen LogP) is 3.70. The Hall–Kier alpha value is -3.87. The Balaban J connectivity index is 1.88. The van der Waals surface area contributed by atoms with Gasteiger partial charge in [-0.2, -0.15) is 5.10 Å². The fourth-order valence-electron chi connectivity index (χ4n) is 3.26. The Morgan fingerprint density at radius 2 is 1.79 bits per heavy atom. The quantitative estimate of drug-likeness (QED) is 0.541. The van der Waals surface area contributed by atoms with Crippen molar-refractivity contribution in [1.29, 1.82) is 0 Å². The summed E-state index contributed by atoms with van der Waals surface area (Å²) in [5.41, 5.74) is 4.14. The van der Waals surface area contributed by atoms with Crippen LogP contribution in [0.2, 0.25) is 0 Å². The van der Waals surface area contributed by atoms with Crippen LogP contribution in [0.1, 0.15) is 21.7 Å². The Kier molecular flexibility index (Phi) is 4.87. The molecule has 0 fully saturated rings. The number of fused-ring (bicyclic) bond motifs is 1. The number of carboxylic acid groups (broad SMARTS) is 1. The molecule has 0 spiro atoms. The van der Waals surface area contributed by atoms with Crippen molar-refractivity contribution in [2.24, 2.45) is 0 Å². The second-order valence-corrected chi connectivity index (χ2v) is 6.46. The lowest BCUT2D eigenvalue weighted by Gasteiger charge is -2.07. The molecule has 1 N–H and O–H groups in total. The van der Waals surface area contributed by atoms with Gasteiger partial charge in [0.15, 0.2) is 5.69 Å². The molecule has 0 saturated heterocycles. The Morgan fingerprint density at radius 1 is 1.03 bits per heavy atom. The van der Waals surface area contributed by atoms with E-state index in [1.807, 2.05) is 48.7 Å². The lowest BCUT2D eigenvalue weighted by molar-refractivity contribution is 0.0689. The van der Waals surface area contributed by atoms with Gasteiger partial charge in [-0.1, -0.05) is 30.3 Å².